The van der Waals surface area contributed by atoms with Gasteiger partial charge in [-0.3, -0.25) is 4.57 Å². The predicted molar refractivity (Wildman–Crippen MR) is 106 cm³/mol. The van der Waals surface area contributed by atoms with Crippen molar-refractivity contribution in [2.24, 2.45) is 0 Å². The molecule has 33 heavy (non-hydrogen) atoms. The lowest BCUT2D eigenvalue weighted by molar-refractivity contribution is -0.389. The summed E-state index contributed by atoms with van der Waals surface area (Å²) < 4.78 is 56.2. The number of rotatable bonds is 5. The Morgan fingerprint density at radius 1 is 1.30 bits per heavy atom. The lowest BCUT2D eigenvalue weighted by Crippen LogP contribution is -2.45. The average molecular weight is 470 g/mol. The van der Waals surface area contributed by atoms with Gasteiger partial charge in [0.2, 0.25) is 0 Å². The first-order valence-electron chi connectivity index (χ1n) is 10.2. The molecule has 1 amide bonds. The van der Waals surface area contributed by atoms with Gasteiger partial charge in [0.1, 0.15) is 24.7 Å². The van der Waals surface area contributed by atoms with Gasteiger partial charge in [-0.2, -0.15) is 13.2 Å². The number of benzene rings is 1. The first-order chi connectivity index (χ1) is 15.5. The first-order valence-corrected chi connectivity index (χ1v) is 10.2. The standard InChI is InChI=1S/C20H21F3N4O6/c1-19(11-26-10-16(27(29)30)24-17(26)33-19)12-31-18(28)25-8-6-15(7-9-25)32-14-4-2-13(3-5-14)20(21,22)23/h2-5,10,15H,6-9,11-12H2,1H3/t19-/m1/s1. The van der Waals surface area contributed by atoms with Crippen LogP contribution in [-0.2, 0) is 17.5 Å². The van der Waals surface area contributed by atoms with Crippen molar-refractivity contribution in [3.05, 3.63) is 46.1 Å². The smallest absolute Gasteiger partial charge is 0.416 e. The summed E-state index contributed by atoms with van der Waals surface area (Å²) in [5, 5.41) is 10.8. The number of hydrogen-bond acceptors (Lipinski definition) is 7. The molecule has 10 nitrogen and oxygen atoms in total. The number of hydrogen-bond donors (Lipinski definition) is 0. The quantitative estimate of drug-likeness (QED) is 0.485. The van der Waals surface area contributed by atoms with Crippen LogP contribution in [0.4, 0.5) is 23.8 Å². The van der Waals surface area contributed by atoms with E-state index < -0.39 is 28.4 Å². The molecule has 1 saturated heterocycles. The Kier molecular flexibility index (Phi) is 5.80. The molecule has 2 aromatic rings. The van der Waals surface area contributed by atoms with E-state index in [-0.39, 0.29) is 31.1 Å². The second-order valence-corrected chi connectivity index (χ2v) is 8.20. The Balaban J connectivity index is 1.22. The summed E-state index contributed by atoms with van der Waals surface area (Å²) in [4.78, 5) is 27.9. The number of alkyl halides is 3. The summed E-state index contributed by atoms with van der Waals surface area (Å²) in [7, 11) is 0. The lowest BCUT2D eigenvalue weighted by atomic mass is 10.1. The summed E-state index contributed by atoms with van der Waals surface area (Å²) >= 11 is 0. The zero-order valence-corrected chi connectivity index (χ0v) is 17.6. The molecule has 1 atom stereocenters. The molecule has 0 saturated carbocycles. The van der Waals surface area contributed by atoms with Crippen molar-refractivity contribution < 1.29 is 37.1 Å². The molecule has 0 aliphatic carbocycles. The minimum Gasteiger partial charge on any atom is -0.490 e. The molecule has 0 N–H and O–H groups in total. The number of carbonyl (C=O) groups is 1. The van der Waals surface area contributed by atoms with Crippen LogP contribution in [0.1, 0.15) is 25.3 Å². The summed E-state index contributed by atoms with van der Waals surface area (Å²) in [5.41, 5.74) is -1.63. The minimum absolute atomic E-state index is 0.0645. The van der Waals surface area contributed by atoms with E-state index in [2.05, 4.69) is 4.98 Å². The topological polar surface area (TPSA) is 109 Å². The first kappa shape index (κ1) is 22.7. The third-order valence-corrected chi connectivity index (χ3v) is 5.44. The van der Waals surface area contributed by atoms with E-state index >= 15 is 0 Å². The highest BCUT2D eigenvalue weighted by atomic mass is 19.4. The zero-order valence-electron chi connectivity index (χ0n) is 17.6. The van der Waals surface area contributed by atoms with Crippen molar-refractivity contribution in [3.8, 4) is 11.8 Å². The fourth-order valence-corrected chi connectivity index (χ4v) is 3.73. The molecule has 2 aliphatic heterocycles. The number of amides is 1. The Hall–Kier alpha value is -3.51. The second-order valence-electron chi connectivity index (χ2n) is 8.20. The van der Waals surface area contributed by atoms with Crippen LogP contribution >= 0.6 is 0 Å². The van der Waals surface area contributed by atoms with Gasteiger partial charge in [-0.05, 0) is 36.1 Å². The summed E-state index contributed by atoms with van der Waals surface area (Å²) in [6, 6.07) is 4.60. The van der Waals surface area contributed by atoms with Gasteiger partial charge in [-0.1, -0.05) is 0 Å². The molecule has 1 aromatic heterocycles. The molecule has 13 heteroatoms. The Morgan fingerprint density at radius 2 is 1.97 bits per heavy atom. The highest BCUT2D eigenvalue weighted by Crippen LogP contribution is 2.32. The number of ether oxygens (including phenoxy) is 3. The molecule has 4 rings (SSSR count). The number of nitrogens with zero attached hydrogens (tertiary/aromatic N) is 4. The van der Waals surface area contributed by atoms with Crippen LogP contribution in [0, 0.1) is 10.1 Å². The van der Waals surface area contributed by atoms with Crippen LogP contribution in [0.15, 0.2) is 30.5 Å². The van der Waals surface area contributed by atoms with Crippen LogP contribution in [0.5, 0.6) is 11.8 Å². The number of nitro groups is 1. The van der Waals surface area contributed by atoms with E-state index in [1.807, 2.05) is 0 Å². The highest BCUT2D eigenvalue weighted by Gasteiger charge is 2.42. The number of fused-ring (bicyclic) bond motifs is 1. The number of aromatic nitrogens is 2. The van der Waals surface area contributed by atoms with E-state index in [0.29, 0.717) is 31.7 Å². The molecule has 1 fully saturated rings. The fraction of sp³-hybridized carbons (Fsp3) is 0.500. The van der Waals surface area contributed by atoms with Gasteiger partial charge >= 0.3 is 24.1 Å². The average Bonchev–Trinajstić information content (AvgIpc) is 3.28. The molecule has 178 valence electrons. The maximum atomic E-state index is 12.7. The highest BCUT2D eigenvalue weighted by molar-refractivity contribution is 5.67. The van der Waals surface area contributed by atoms with Crippen LogP contribution < -0.4 is 9.47 Å². The van der Waals surface area contributed by atoms with Gasteiger partial charge in [0.15, 0.2) is 5.60 Å². The van der Waals surface area contributed by atoms with E-state index in [9.17, 15) is 28.1 Å². The molecule has 2 aliphatic rings. The van der Waals surface area contributed by atoms with E-state index in [0.717, 1.165) is 12.1 Å². The van der Waals surface area contributed by atoms with E-state index in [4.69, 9.17) is 14.2 Å². The van der Waals surface area contributed by atoms with Crippen molar-refractivity contribution >= 4 is 11.9 Å². The number of halogens is 3. The number of likely N-dealkylation sites (tertiary alicyclic amines) is 1. The normalized spacial score (nSPS) is 20.8. The zero-order chi connectivity index (χ0) is 23.8. The lowest BCUT2D eigenvalue weighted by Gasteiger charge is -2.32. The summed E-state index contributed by atoms with van der Waals surface area (Å²) in [6.45, 7) is 2.64. The van der Waals surface area contributed by atoms with E-state index in [1.54, 1.807) is 6.92 Å². The van der Waals surface area contributed by atoms with Crippen molar-refractivity contribution in [1.82, 2.24) is 14.5 Å². The molecular formula is C20H21F3N4O6. The summed E-state index contributed by atoms with van der Waals surface area (Å²) in [5.74, 6) is 0.0264. The van der Waals surface area contributed by atoms with E-state index in [1.165, 1.54) is 27.8 Å². The van der Waals surface area contributed by atoms with Crippen molar-refractivity contribution in [3.63, 3.8) is 0 Å². The van der Waals surface area contributed by atoms with Crippen LogP contribution in [0.25, 0.3) is 0 Å². The molecule has 0 radical (unpaired) electrons. The number of piperidine rings is 1. The van der Waals surface area contributed by atoms with Crippen LogP contribution in [-0.4, -0.2) is 56.9 Å². The van der Waals surface area contributed by atoms with Crippen molar-refractivity contribution in [2.75, 3.05) is 19.7 Å². The Morgan fingerprint density at radius 3 is 2.55 bits per heavy atom. The van der Waals surface area contributed by atoms with Crippen LogP contribution in [0.2, 0.25) is 0 Å². The minimum atomic E-state index is -4.40. The van der Waals surface area contributed by atoms with Gasteiger partial charge in [-0.25, -0.2) is 4.79 Å². The third kappa shape index (κ3) is 5.12. The molecule has 0 spiro atoms. The molecular weight excluding hydrogens is 449 g/mol. The van der Waals surface area contributed by atoms with Gasteiger partial charge in [0, 0.05) is 30.9 Å². The molecule has 3 heterocycles. The van der Waals surface area contributed by atoms with Gasteiger partial charge in [0.05, 0.1) is 12.1 Å². The van der Waals surface area contributed by atoms with Gasteiger partial charge in [0.25, 0.3) is 0 Å². The number of imidazole rings is 1. The Labute approximate surface area is 186 Å². The summed E-state index contributed by atoms with van der Waals surface area (Å²) in [6.07, 6.45) is -2.88. The van der Waals surface area contributed by atoms with Crippen molar-refractivity contribution in [1.29, 1.82) is 0 Å². The predicted octanol–water partition coefficient (Wildman–Crippen LogP) is 3.64. The van der Waals surface area contributed by atoms with Crippen molar-refractivity contribution in [2.45, 2.75) is 44.2 Å². The largest absolute Gasteiger partial charge is 0.490 e. The van der Waals surface area contributed by atoms with Gasteiger partial charge in [-0.15, -0.1) is 0 Å². The molecule has 1 aromatic carbocycles. The van der Waals surface area contributed by atoms with Crippen LogP contribution in [0.3, 0.4) is 0 Å². The monoisotopic (exact) mass is 470 g/mol. The SMILES string of the molecule is C[C@]1(COC(=O)N2CCC(Oc3ccc(C(F)(F)F)cc3)CC2)Cn2cc([N+](=O)[O-])nc2O1. The fourth-order valence-electron chi connectivity index (χ4n) is 3.73. The maximum absolute atomic E-state index is 12.7. The Bertz CT molecular complexity index is 1010. The van der Waals surface area contributed by atoms with Gasteiger partial charge < -0.3 is 29.2 Å². The number of carbonyl (C=O) groups excluding carboxylic acids is 1. The third-order valence-electron chi connectivity index (χ3n) is 5.44. The molecule has 0 unspecified atom stereocenters. The second kappa shape index (κ2) is 8.45. The molecule has 0 bridgehead atoms. The maximum Gasteiger partial charge on any atom is 0.416 e.